The van der Waals surface area contributed by atoms with Gasteiger partial charge in [0.1, 0.15) is 53.7 Å². The number of rotatable bonds is 36. The SMILES string of the molecule is COCCOCCCNC(=O)C(CC(=O)N/N=C(\CO)[C@]1(O)Cc2c(O)c3c(c(O)c2[C@@H](O[C@H]2C[C@@H](N)[C@H](O)C(C)O2)C1)C(=O)c1c(OC)cccc1C3=O)NC(=O)C(CC(=O)O)NC(=O)C(CC(=O)N/N=C(\C)CCC(=O)OCCNC1=C2CC(C)CC(OC)C(O)C(C)/C=C(\C)C(OC(N)=O)C(OC)/C=C\C=C(/C)C(=O)NC(=CC1=O)C2=O)NC(C)=O. The fraction of sp³-hybridized carbons (Fsp3) is 0.537. The number of aliphatic hydroxyl groups is 4. The molecule has 1 saturated heterocycles. The number of carbonyl (C=O) groups is 14. The van der Waals surface area contributed by atoms with Gasteiger partial charge in [0.25, 0.3) is 5.91 Å². The Balaban J connectivity index is 1.01. The second-order valence-electron chi connectivity index (χ2n) is 30.4. The van der Waals surface area contributed by atoms with Crippen LogP contribution >= 0.6 is 0 Å². The van der Waals surface area contributed by atoms with E-state index in [9.17, 15) is 103 Å². The molecule has 2 aromatic carbocycles. The van der Waals surface area contributed by atoms with E-state index in [1.54, 1.807) is 26.8 Å². The largest absolute Gasteiger partial charge is 0.507 e. The van der Waals surface area contributed by atoms with E-state index in [0.29, 0.717) is 5.57 Å². The first-order valence-corrected chi connectivity index (χ1v) is 39.8. The summed E-state index contributed by atoms with van der Waals surface area (Å²) in [7, 11) is 5.45. The van der Waals surface area contributed by atoms with Crippen LogP contribution in [0.4, 0.5) is 4.79 Å². The second-order valence-corrected chi connectivity index (χ2v) is 30.4. The first kappa shape index (κ1) is 99.5. The number of allylic oxidation sites excluding steroid dienone is 4. The van der Waals surface area contributed by atoms with Crippen molar-refractivity contribution in [2.45, 2.75) is 198 Å². The van der Waals surface area contributed by atoms with Crippen molar-refractivity contribution in [3.8, 4) is 17.2 Å². The number of aliphatic hydroxyl groups excluding tert-OH is 3. The fourth-order valence-corrected chi connectivity index (χ4v) is 14.5. The van der Waals surface area contributed by atoms with Crippen molar-refractivity contribution in [2.75, 3.05) is 74.6 Å². The third-order valence-electron chi connectivity index (χ3n) is 21.0. The molecule has 2 heterocycles. The molecule has 0 radical (unpaired) electrons. The van der Waals surface area contributed by atoms with Crippen molar-refractivity contribution >= 4 is 93.9 Å². The number of esters is 1. The lowest BCUT2D eigenvalue weighted by Crippen LogP contribution is -2.58. The van der Waals surface area contributed by atoms with Gasteiger partial charge in [-0.3, -0.25) is 62.3 Å². The summed E-state index contributed by atoms with van der Waals surface area (Å²) in [6.45, 7) is 9.05. The molecule has 8 amide bonds. The number of carbonyl (C=O) groups excluding carboxylic acids is 13. The monoisotopic (exact) mass is 1740 g/mol. The highest BCUT2D eigenvalue weighted by molar-refractivity contribution is 6.31. The van der Waals surface area contributed by atoms with Gasteiger partial charge in [-0.1, -0.05) is 50.3 Å². The van der Waals surface area contributed by atoms with Crippen LogP contribution in [0.15, 0.2) is 86.9 Å². The number of methoxy groups -OCH3 is 4. The Morgan fingerprint density at radius 3 is 2.05 bits per heavy atom. The summed E-state index contributed by atoms with van der Waals surface area (Å²) < 4.78 is 50.1. The number of nitrogens with one attached hydrogen (secondary N) is 8. The normalized spacial score (nSPS) is 25.1. The molecule has 0 aromatic heterocycles. The second kappa shape index (κ2) is 46.2. The lowest BCUT2D eigenvalue weighted by Gasteiger charge is -2.43. The lowest BCUT2D eigenvalue weighted by molar-refractivity contribution is -0.245. The molecule has 5 aliphatic rings. The smallest absolute Gasteiger partial charge is 0.405 e. The molecule has 678 valence electrons. The van der Waals surface area contributed by atoms with Crippen LogP contribution < -0.4 is 59.0 Å². The molecule has 124 heavy (non-hydrogen) atoms. The van der Waals surface area contributed by atoms with Crippen LogP contribution in [0.25, 0.3) is 0 Å². The first-order valence-electron chi connectivity index (χ1n) is 39.8. The Bertz CT molecular complexity index is 4580. The Kier molecular flexibility index (Phi) is 37.1. The van der Waals surface area contributed by atoms with E-state index in [4.69, 9.17) is 54.1 Å². The summed E-state index contributed by atoms with van der Waals surface area (Å²) in [6.07, 6.45) is -8.26. The van der Waals surface area contributed by atoms with Gasteiger partial charge in [0, 0.05) is 119 Å². The molecule has 2 aromatic rings. The van der Waals surface area contributed by atoms with Crippen LogP contribution in [0.3, 0.4) is 0 Å². The number of hydrogen-bond acceptors (Lipinski definition) is 33. The predicted molar refractivity (Wildman–Crippen MR) is 435 cm³/mol. The number of ether oxygens (including phenoxy) is 9. The van der Waals surface area contributed by atoms with Gasteiger partial charge in [0.15, 0.2) is 18.2 Å². The number of carboxylic acids is 1. The van der Waals surface area contributed by atoms with Gasteiger partial charge in [-0.15, -0.1) is 0 Å². The number of fused-ring (bicyclic) bond motifs is 5. The van der Waals surface area contributed by atoms with E-state index < -0.39 is 240 Å². The Morgan fingerprint density at radius 2 is 1.43 bits per heavy atom. The Morgan fingerprint density at radius 1 is 0.766 bits per heavy atom. The maximum absolute atomic E-state index is 14.3. The predicted octanol–water partition coefficient (Wildman–Crippen LogP) is -1.02. The maximum atomic E-state index is 14.3. The highest BCUT2D eigenvalue weighted by Gasteiger charge is 2.50. The number of primary amides is 1. The molecule has 1 fully saturated rings. The van der Waals surface area contributed by atoms with Crippen molar-refractivity contribution in [1.82, 2.24) is 42.8 Å². The number of hydrogen-bond donors (Lipinski definition) is 17. The van der Waals surface area contributed by atoms with Crippen molar-refractivity contribution in [2.24, 2.45) is 33.5 Å². The van der Waals surface area contributed by atoms with Gasteiger partial charge in [0.05, 0.1) is 117 Å². The van der Waals surface area contributed by atoms with Gasteiger partial charge in [-0.25, -0.2) is 15.6 Å². The van der Waals surface area contributed by atoms with E-state index in [2.05, 4.69) is 53.0 Å². The number of benzene rings is 2. The van der Waals surface area contributed by atoms with Crippen LogP contribution in [0.5, 0.6) is 17.2 Å². The number of aromatic hydroxyl groups is 2. The number of Topliss-reactive ketones (excluding diaryl/α,β-unsaturated/α-hetero) is 1. The maximum Gasteiger partial charge on any atom is 0.405 e. The zero-order chi connectivity index (χ0) is 91.7. The Labute approximate surface area is 712 Å². The minimum Gasteiger partial charge on any atom is -0.507 e. The van der Waals surface area contributed by atoms with E-state index in [1.807, 2.05) is 0 Å². The molecule has 10 unspecified atom stereocenters. The molecule has 42 heteroatoms. The standard InChI is InChI=1S/C82H110N12O30/c1-38-27-46-68(53(97)31-49(71(46)105)88-77(110)39(2)15-12-18-55(118-10)76(124-81(84)114)41(4)29-40(3)69(103)56(28-38)119-11)85-22-24-121-62(102)20-19-42(5)91-93-59(98)33-51(87-44(7)96)79(112)90-52(34-61(100)101)80(113)89-50(78(111)86-21-14-23-120-26-25-116-8)32-60(99)94-92-58(37-95)82(115)35-47-65(57(36-82)123-63-30-48(83)70(104)43(6)122-63)75(109)67-66(73(47)107)72(106)45-16-13-17-54(117-9)64(45)74(67)108/h12-13,15-18,29,31,38,40,43,48,50-52,55-57,63,69-70,76,85,95,103-104,107,109,115H,14,19-28,30,32-37,83H2,1-11H3,(H2,84,114)(H,86,111)(H,87,96)(H,88,110)(H,89,113)(H,90,112)(H,93,98)(H,94,99)(H,100,101)/b18-12-,39-15+,41-29+,91-42+,92-58+/t38?,40?,43?,48-,50?,51?,52?,55?,56?,57+,63+,69?,70-,76?,82+/m1/s1. The van der Waals surface area contributed by atoms with E-state index >= 15 is 0 Å². The molecule has 2 aliphatic heterocycles. The summed E-state index contributed by atoms with van der Waals surface area (Å²) in [4.78, 5) is 190. The highest BCUT2D eigenvalue weighted by atomic mass is 16.7. The molecule has 7 rings (SSSR count). The van der Waals surface area contributed by atoms with Crippen LogP contribution in [0, 0.1) is 11.8 Å². The summed E-state index contributed by atoms with van der Waals surface area (Å²) in [6, 6.07) is -2.79. The van der Waals surface area contributed by atoms with Crippen molar-refractivity contribution in [3.63, 3.8) is 0 Å². The zero-order valence-corrected chi connectivity index (χ0v) is 70.5. The van der Waals surface area contributed by atoms with Gasteiger partial charge >= 0.3 is 18.0 Å². The number of nitrogens with zero attached hydrogens (tertiary/aromatic N) is 2. The van der Waals surface area contributed by atoms with E-state index in [1.165, 1.54) is 85.6 Å². The quantitative estimate of drug-likeness (QED) is 0.00630. The van der Waals surface area contributed by atoms with Crippen molar-refractivity contribution in [1.29, 1.82) is 0 Å². The van der Waals surface area contributed by atoms with E-state index in [0.717, 1.165) is 13.0 Å². The number of phenolic OH excluding ortho intramolecular Hbond substituents is 2. The molecule has 42 nitrogen and oxygen atoms in total. The number of carboxylic acid groups (broad SMARTS) is 1. The van der Waals surface area contributed by atoms with E-state index in [-0.39, 0.29) is 134 Å². The third kappa shape index (κ3) is 26.5. The van der Waals surface area contributed by atoms with Crippen LogP contribution in [0.2, 0.25) is 0 Å². The molecule has 19 N–H and O–H groups in total. The summed E-state index contributed by atoms with van der Waals surface area (Å²) in [5.74, 6) is -16.3. The summed E-state index contributed by atoms with van der Waals surface area (Å²) in [5, 5.41) is 103. The highest BCUT2D eigenvalue weighted by Crippen LogP contribution is 2.53. The van der Waals surface area contributed by atoms with Gasteiger partial charge < -0.3 is 122 Å². The fourth-order valence-electron chi connectivity index (χ4n) is 14.5. The minimum absolute atomic E-state index is 0.0298. The minimum atomic E-state index is -2.53. The zero-order valence-electron chi connectivity index (χ0n) is 70.5. The molecule has 15 atom stereocenters. The van der Waals surface area contributed by atoms with Gasteiger partial charge in [-0.05, 0) is 70.9 Å². The molecular formula is C82H110N12O30. The van der Waals surface area contributed by atoms with Crippen LogP contribution in [-0.4, -0.2) is 277 Å². The third-order valence-corrected chi connectivity index (χ3v) is 21.0. The molecule has 0 saturated carbocycles. The molecule has 2 bridgehead atoms. The number of phenols is 2. The number of ketones is 4. The number of aliphatic carboxylic acids is 1. The van der Waals surface area contributed by atoms with Gasteiger partial charge in [0.2, 0.25) is 52.8 Å². The van der Waals surface area contributed by atoms with Crippen molar-refractivity contribution < 1.29 is 146 Å². The molecule has 0 spiro atoms. The average Bonchev–Trinajstić information content (AvgIpc) is 0.708. The topological polar surface area (TPSA) is 637 Å². The Hall–Kier alpha value is -11.6. The number of amides is 8. The first-order chi connectivity index (χ1) is 58.7. The van der Waals surface area contributed by atoms with Crippen molar-refractivity contribution in [3.05, 3.63) is 110 Å². The van der Waals surface area contributed by atoms with Gasteiger partial charge in [-0.2, -0.15) is 10.2 Å². The van der Waals surface area contributed by atoms with Crippen LogP contribution in [0.1, 0.15) is 162 Å². The summed E-state index contributed by atoms with van der Waals surface area (Å²) in [5.41, 5.74) is 10.5. The molecule has 3 aliphatic carbocycles. The van der Waals surface area contributed by atoms with Crippen LogP contribution in [-0.2, 0) is 97.1 Å². The number of hydrazone groups is 2. The summed E-state index contributed by atoms with van der Waals surface area (Å²) >= 11 is 0. The molecular weight excluding hydrogens is 1630 g/mol. The lowest BCUT2D eigenvalue weighted by atomic mass is 9.71. The number of nitrogens with two attached hydrogens (primary N) is 2. The average molecular weight is 1740 g/mol.